The van der Waals surface area contributed by atoms with Crippen LogP contribution in [0.15, 0.2) is 54.6 Å². The molecule has 0 aliphatic heterocycles. The standard InChI is InChI=1S/C20H19N3O2S/c1-3-24-20-12-14(2)22-23(20)15-8-10-16(11-9-15)25-13-19-21-17-6-4-5-7-18(17)26-19/h4-12H,3,13H2,1-2H3. The van der Waals surface area contributed by atoms with Gasteiger partial charge in [-0.1, -0.05) is 12.1 Å². The number of benzene rings is 2. The van der Waals surface area contributed by atoms with Crippen LogP contribution in [0.3, 0.4) is 0 Å². The lowest BCUT2D eigenvalue weighted by molar-refractivity contribution is 0.305. The fourth-order valence-electron chi connectivity index (χ4n) is 2.72. The fraction of sp³-hybridized carbons (Fsp3) is 0.200. The van der Waals surface area contributed by atoms with E-state index in [0.29, 0.717) is 13.2 Å². The van der Waals surface area contributed by atoms with Crippen molar-refractivity contribution in [3.8, 4) is 17.3 Å². The van der Waals surface area contributed by atoms with E-state index in [1.54, 1.807) is 16.0 Å². The lowest BCUT2D eigenvalue weighted by Crippen LogP contribution is -2.02. The molecule has 0 fully saturated rings. The van der Waals surface area contributed by atoms with Crippen LogP contribution < -0.4 is 9.47 Å². The third kappa shape index (κ3) is 3.41. The largest absolute Gasteiger partial charge is 0.486 e. The molecule has 0 spiro atoms. The molecular weight excluding hydrogens is 346 g/mol. The maximum absolute atomic E-state index is 5.88. The van der Waals surface area contributed by atoms with E-state index in [0.717, 1.165) is 33.5 Å². The normalized spacial score (nSPS) is 11.0. The number of fused-ring (bicyclic) bond motifs is 1. The van der Waals surface area contributed by atoms with Crippen molar-refractivity contribution in [3.05, 3.63) is 65.3 Å². The summed E-state index contributed by atoms with van der Waals surface area (Å²) < 4.78 is 14.5. The van der Waals surface area contributed by atoms with Gasteiger partial charge in [-0.15, -0.1) is 11.3 Å². The van der Waals surface area contributed by atoms with Crippen molar-refractivity contribution in [2.45, 2.75) is 20.5 Å². The van der Waals surface area contributed by atoms with E-state index in [4.69, 9.17) is 9.47 Å². The molecule has 0 saturated heterocycles. The van der Waals surface area contributed by atoms with Crippen molar-refractivity contribution < 1.29 is 9.47 Å². The molecule has 0 saturated carbocycles. The molecule has 0 atom stereocenters. The second-order valence-electron chi connectivity index (χ2n) is 5.83. The molecule has 6 heteroatoms. The lowest BCUT2D eigenvalue weighted by atomic mass is 10.3. The molecule has 0 amide bonds. The summed E-state index contributed by atoms with van der Waals surface area (Å²) in [7, 11) is 0. The predicted octanol–water partition coefficient (Wildman–Crippen LogP) is 4.77. The van der Waals surface area contributed by atoms with Gasteiger partial charge in [0.05, 0.1) is 28.2 Å². The van der Waals surface area contributed by atoms with Gasteiger partial charge in [-0.25, -0.2) is 9.67 Å². The van der Waals surface area contributed by atoms with Crippen LogP contribution >= 0.6 is 11.3 Å². The van der Waals surface area contributed by atoms with Crippen LogP contribution in [0.4, 0.5) is 0 Å². The average molecular weight is 365 g/mol. The Morgan fingerprint density at radius 3 is 2.62 bits per heavy atom. The number of hydrogen-bond donors (Lipinski definition) is 0. The van der Waals surface area contributed by atoms with Gasteiger partial charge in [0.2, 0.25) is 5.88 Å². The summed E-state index contributed by atoms with van der Waals surface area (Å²) in [6.07, 6.45) is 0. The summed E-state index contributed by atoms with van der Waals surface area (Å²) in [5, 5.41) is 5.46. The number of nitrogens with zero attached hydrogens (tertiary/aromatic N) is 3. The van der Waals surface area contributed by atoms with Gasteiger partial charge in [0.15, 0.2) is 0 Å². The first-order chi connectivity index (χ1) is 12.7. The highest BCUT2D eigenvalue weighted by atomic mass is 32.1. The minimum Gasteiger partial charge on any atom is -0.486 e. The van der Waals surface area contributed by atoms with Crippen molar-refractivity contribution >= 4 is 21.6 Å². The first-order valence-electron chi connectivity index (χ1n) is 8.50. The Morgan fingerprint density at radius 1 is 1.04 bits per heavy atom. The summed E-state index contributed by atoms with van der Waals surface area (Å²) in [6.45, 7) is 4.98. The summed E-state index contributed by atoms with van der Waals surface area (Å²) in [5.74, 6) is 1.54. The quantitative estimate of drug-likeness (QED) is 0.494. The minimum absolute atomic E-state index is 0.462. The van der Waals surface area contributed by atoms with Gasteiger partial charge >= 0.3 is 0 Å². The highest BCUT2D eigenvalue weighted by Gasteiger charge is 2.09. The fourth-order valence-corrected chi connectivity index (χ4v) is 3.60. The molecule has 132 valence electrons. The van der Waals surface area contributed by atoms with Crippen LogP contribution in [-0.2, 0) is 6.61 Å². The van der Waals surface area contributed by atoms with E-state index in [-0.39, 0.29) is 0 Å². The predicted molar refractivity (Wildman–Crippen MR) is 103 cm³/mol. The monoisotopic (exact) mass is 365 g/mol. The van der Waals surface area contributed by atoms with Crippen LogP contribution in [-0.4, -0.2) is 21.4 Å². The van der Waals surface area contributed by atoms with Crippen LogP contribution in [0.2, 0.25) is 0 Å². The zero-order chi connectivity index (χ0) is 17.9. The van der Waals surface area contributed by atoms with Gasteiger partial charge in [0, 0.05) is 6.07 Å². The molecule has 2 aromatic carbocycles. The molecule has 26 heavy (non-hydrogen) atoms. The van der Waals surface area contributed by atoms with Crippen LogP contribution in [0, 0.1) is 6.92 Å². The smallest absolute Gasteiger partial charge is 0.216 e. The highest BCUT2D eigenvalue weighted by molar-refractivity contribution is 7.18. The molecule has 4 aromatic rings. The Kier molecular flexibility index (Phi) is 4.58. The molecule has 0 N–H and O–H groups in total. The van der Waals surface area contributed by atoms with Crippen LogP contribution in [0.1, 0.15) is 17.6 Å². The molecule has 0 radical (unpaired) electrons. The average Bonchev–Trinajstić information content (AvgIpc) is 3.23. The number of rotatable bonds is 6. The van der Waals surface area contributed by atoms with Crippen LogP contribution in [0.25, 0.3) is 15.9 Å². The van der Waals surface area contributed by atoms with Gasteiger partial charge in [-0.3, -0.25) is 0 Å². The molecule has 5 nitrogen and oxygen atoms in total. The Morgan fingerprint density at radius 2 is 1.85 bits per heavy atom. The van der Waals surface area contributed by atoms with Crippen molar-refractivity contribution in [2.75, 3.05) is 6.61 Å². The summed E-state index contributed by atoms with van der Waals surface area (Å²) in [6, 6.07) is 17.9. The van der Waals surface area contributed by atoms with Crippen molar-refractivity contribution in [1.82, 2.24) is 14.8 Å². The second-order valence-corrected chi connectivity index (χ2v) is 6.94. The minimum atomic E-state index is 0.462. The van der Waals surface area contributed by atoms with E-state index >= 15 is 0 Å². The third-order valence-corrected chi connectivity index (χ3v) is 4.88. The molecule has 0 aliphatic carbocycles. The second kappa shape index (κ2) is 7.17. The Bertz CT molecular complexity index is 988. The van der Waals surface area contributed by atoms with E-state index < -0.39 is 0 Å². The Balaban J connectivity index is 1.47. The van der Waals surface area contributed by atoms with Crippen LogP contribution in [0.5, 0.6) is 11.6 Å². The van der Waals surface area contributed by atoms with Crippen molar-refractivity contribution in [1.29, 1.82) is 0 Å². The molecule has 2 aromatic heterocycles. The number of para-hydroxylation sites is 1. The van der Waals surface area contributed by atoms with Crippen molar-refractivity contribution in [2.24, 2.45) is 0 Å². The molecule has 0 aliphatic rings. The van der Waals surface area contributed by atoms with Crippen molar-refractivity contribution in [3.63, 3.8) is 0 Å². The number of aryl methyl sites for hydroxylation is 1. The molecule has 0 bridgehead atoms. The first-order valence-corrected chi connectivity index (χ1v) is 9.32. The zero-order valence-corrected chi connectivity index (χ0v) is 15.5. The molecule has 4 rings (SSSR count). The van der Waals surface area contributed by atoms with Gasteiger partial charge in [0.1, 0.15) is 17.4 Å². The van der Waals surface area contributed by atoms with E-state index in [2.05, 4.69) is 16.1 Å². The summed E-state index contributed by atoms with van der Waals surface area (Å²) in [4.78, 5) is 4.59. The Hall–Kier alpha value is -2.86. The van der Waals surface area contributed by atoms with Gasteiger partial charge in [-0.2, -0.15) is 5.10 Å². The molecule has 0 unspecified atom stereocenters. The van der Waals surface area contributed by atoms with Gasteiger partial charge in [0.25, 0.3) is 0 Å². The Labute approximate surface area is 155 Å². The number of thiazole rings is 1. The molecular formula is C20H19N3O2S. The van der Waals surface area contributed by atoms with Gasteiger partial charge < -0.3 is 9.47 Å². The topological polar surface area (TPSA) is 49.2 Å². The number of aromatic nitrogens is 3. The zero-order valence-electron chi connectivity index (χ0n) is 14.7. The lowest BCUT2D eigenvalue weighted by Gasteiger charge is -2.09. The number of hydrogen-bond acceptors (Lipinski definition) is 5. The maximum Gasteiger partial charge on any atom is 0.216 e. The summed E-state index contributed by atoms with van der Waals surface area (Å²) in [5.41, 5.74) is 2.88. The SMILES string of the molecule is CCOc1cc(C)nn1-c1ccc(OCc2nc3ccccc3s2)cc1. The highest BCUT2D eigenvalue weighted by Crippen LogP contribution is 2.24. The van der Waals surface area contributed by atoms with Gasteiger partial charge in [-0.05, 0) is 50.2 Å². The molecule has 2 heterocycles. The third-order valence-electron chi connectivity index (χ3n) is 3.87. The van der Waals surface area contributed by atoms with E-state index in [1.165, 1.54) is 4.70 Å². The first kappa shape index (κ1) is 16.6. The van der Waals surface area contributed by atoms with E-state index in [1.807, 2.05) is 62.4 Å². The number of ether oxygens (including phenoxy) is 2. The summed E-state index contributed by atoms with van der Waals surface area (Å²) >= 11 is 1.66. The van der Waals surface area contributed by atoms with E-state index in [9.17, 15) is 0 Å². The maximum atomic E-state index is 5.88.